The van der Waals surface area contributed by atoms with E-state index in [-0.39, 0.29) is 18.1 Å². The number of nitrogens with zero attached hydrogens (tertiary/aromatic N) is 2. The van der Waals surface area contributed by atoms with Crippen molar-refractivity contribution >= 4 is 23.3 Å². The van der Waals surface area contributed by atoms with Gasteiger partial charge in [0, 0.05) is 11.6 Å². The van der Waals surface area contributed by atoms with E-state index in [9.17, 15) is 9.59 Å². The van der Waals surface area contributed by atoms with Gasteiger partial charge in [-0.05, 0) is 12.1 Å². The van der Waals surface area contributed by atoms with Crippen molar-refractivity contribution < 1.29 is 14.7 Å². The highest BCUT2D eigenvalue weighted by Crippen LogP contribution is 2.02. The Balaban J connectivity index is 1.81. The summed E-state index contributed by atoms with van der Waals surface area (Å²) >= 11 is 1.46. The molecule has 8 heteroatoms. The highest BCUT2D eigenvalue weighted by Gasteiger charge is 2.06. The third-order valence-electron chi connectivity index (χ3n) is 2.41. The zero-order valence-corrected chi connectivity index (χ0v) is 11.2. The second kappa shape index (κ2) is 6.62. The maximum atomic E-state index is 11.5. The van der Waals surface area contributed by atoms with Gasteiger partial charge in [0.2, 0.25) is 0 Å². The van der Waals surface area contributed by atoms with Gasteiger partial charge < -0.3 is 15.7 Å². The lowest BCUT2D eigenvalue weighted by Gasteiger charge is -2.06. The number of hydrogen-bond donors (Lipinski definition) is 3. The van der Waals surface area contributed by atoms with Gasteiger partial charge in [-0.3, -0.25) is 4.98 Å². The van der Waals surface area contributed by atoms with Crippen molar-refractivity contribution in [3.63, 3.8) is 0 Å². The molecular weight excluding hydrogens is 280 g/mol. The second-order valence-corrected chi connectivity index (χ2v) is 4.58. The first-order valence-electron chi connectivity index (χ1n) is 5.72. The molecule has 0 saturated carbocycles. The van der Waals surface area contributed by atoms with Crippen LogP contribution in [0.1, 0.15) is 21.7 Å². The molecule has 0 radical (unpaired) electrons. The van der Waals surface area contributed by atoms with Crippen LogP contribution in [0.5, 0.6) is 0 Å². The molecule has 0 saturated heterocycles. The number of carbonyl (C=O) groups excluding carboxylic acids is 1. The minimum absolute atomic E-state index is 0.139. The minimum Gasteiger partial charge on any atom is -0.478 e. The maximum absolute atomic E-state index is 11.5. The molecule has 0 unspecified atom stereocenters. The van der Waals surface area contributed by atoms with Gasteiger partial charge in [-0.1, -0.05) is 0 Å². The average Bonchev–Trinajstić information content (AvgIpc) is 2.96. The summed E-state index contributed by atoms with van der Waals surface area (Å²) in [4.78, 5) is 30.4. The van der Waals surface area contributed by atoms with Crippen LogP contribution < -0.4 is 10.6 Å². The summed E-state index contributed by atoms with van der Waals surface area (Å²) in [5.41, 5.74) is 3.10. The Morgan fingerprint density at radius 2 is 1.95 bits per heavy atom. The number of carboxylic acid groups (broad SMARTS) is 1. The molecule has 0 spiro atoms. The van der Waals surface area contributed by atoms with Gasteiger partial charge in [-0.25, -0.2) is 14.6 Å². The topological polar surface area (TPSA) is 104 Å². The van der Waals surface area contributed by atoms with E-state index in [1.54, 1.807) is 5.51 Å². The standard InChI is InChI=1S/C12H12N4O3S/c17-11(18)8-1-2-13-9(3-8)4-14-12(19)15-5-10-6-20-7-16-10/h1-3,6-7H,4-5H2,(H,17,18)(H2,14,15,19). The van der Waals surface area contributed by atoms with Crippen LogP contribution in [0.2, 0.25) is 0 Å². The highest BCUT2D eigenvalue weighted by molar-refractivity contribution is 7.07. The third-order valence-corrected chi connectivity index (χ3v) is 3.04. The van der Waals surface area contributed by atoms with Crippen molar-refractivity contribution in [1.82, 2.24) is 20.6 Å². The first kappa shape index (κ1) is 13.9. The number of rotatable bonds is 5. The lowest BCUT2D eigenvalue weighted by Crippen LogP contribution is -2.34. The number of amides is 2. The molecule has 0 fully saturated rings. The summed E-state index contributed by atoms with van der Waals surface area (Å²) in [7, 11) is 0. The lowest BCUT2D eigenvalue weighted by molar-refractivity contribution is 0.0696. The molecule has 2 aromatic heterocycles. The molecular formula is C12H12N4O3S. The van der Waals surface area contributed by atoms with Gasteiger partial charge >= 0.3 is 12.0 Å². The number of urea groups is 1. The molecule has 2 heterocycles. The number of hydrogen-bond acceptors (Lipinski definition) is 5. The summed E-state index contributed by atoms with van der Waals surface area (Å²) < 4.78 is 0. The van der Waals surface area contributed by atoms with E-state index < -0.39 is 5.97 Å². The van der Waals surface area contributed by atoms with Crippen LogP contribution in [0.4, 0.5) is 4.79 Å². The molecule has 2 amide bonds. The van der Waals surface area contributed by atoms with E-state index in [2.05, 4.69) is 20.6 Å². The molecule has 7 nitrogen and oxygen atoms in total. The molecule has 0 aliphatic carbocycles. The Kier molecular flexibility index (Phi) is 4.61. The summed E-state index contributed by atoms with van der Waals surface area (Å²) in [6.07, 6.45) is 1.40. The smallest absolute Gasteiger partial charge is 0.335 e. The fourth-order valence-corrected chi connectivity index (χ4v) is 2.00. The fraction of sp³-hybridized carbons (Fsp3) is 0.167. The van der Waals surface area contributed by atoms with Gasteiger partial charge in [0.15, 0.2) is 0 Å². The predicted octanol–water partition coefficient (Wildman–Crippen LogP) is 1.24. The van der Waals surface area contributed by atoms with Gasteiger partial charge in [-0.2, -0.15) is 0 Å². The Morgan fingerprint density at radius 1 is 1.20 bits per heavy atom. The number of carboxylic acids is 1. The lowest BCUT2D eigenvalue weighted by atomic mass is 10.2. The first-order chi connectivity index (χ1) is 9.65. The number of pyridine rings is 1. The normalized spacial score (nSPS) is 10.0. The minimum atomic E-state index is -1.03. The Bertz CT molecular complexity index is 601. The largest absolute Gasteiger partial charge is 0.478 e. The van der Waals surface area contributed by atoms with Crippen LogP contribution in [-0.2, 0) is 13.1 Å². The Hall–Kier alpha value is -2.48. The molecule has 0 atom stereocenters. The van der Waals surface area contributed by atoms with Crippen LogP contribution in [0.15, 0.2) is 29.2 Å². The Morgan fingerprint density at radius 3 is 2.60 bits per heavy atom. The first-order valence-corrected chi connectivity index (χ1v) is 6.66. The average molecular weight is 292 g/mol. The molecule has 0 bridgehead atoms. The number of thiazole rings is 1. The van der Waals surface area contributed by atoms with Crippen molar-refractivity contribution in [2.75, 3.05) is 0 Å². The van der Waals surface area contributed by atoms with Crippen LogP contribution >= 0.6 is 11.3 Å². The molecule has 0 aliphatic rings. The van der Waals surface area contributed by atoms with Gasteiger partial charge in [0.25, 0.3) is 0 Å². The summed E-state index contributed by atoms with van der Waals surface area (Å²) in [5.74, 6) is -1.03. The second-order valence-electron chi connectivity index (χ2n) is 3.86. The Labute approximate surface area is 118 Å². The summed E-state index contributed by atoms with van der Waals surface area (Å²) in [6.45, 7) is 0.502. The van der Waals surface area contributed by atoms with Crippen LogP contribution in [0.3, 0.4) is 0 Å². The summed E-state index contributed by atoms with van der Waals surface area (Å²) in [5, 5.41) is 15.9. The quantitative estimate of drug-likeness (QED) is 0.769. The van der Waals surface area contributed by atoms with Crippen LogP contribution in [0.25, 0.3) is 0 Å². The molecule has 0 aromatic carbocycles. The molecule has 104 valence electrons. The van der Waals surface area contributed by atoms with E-state index in [4.69, 9.17) is 5.11 Å². The number of nitrogens with one attached hydrogen (secondary N) is 2. The van der Waals surface area contributed by atoms with Crippen LogP contribution in [-0.4, -0.2) is 27.1 Å². The molecule has 0 aliphatic heterocycles. The van der Waals surface area contributed by atoms with Gasteiger partial charge in [0.1, 0.15) is 0 Å². The number of aromatic nitrogens is 2. The van der Waals surface area contributed by atoms with Crippen molar-refractivity contribution in [2.24, 2.45) is 0 Å². The summed E-state index contributed by atoms with van der Waals surface area (Å²) in [6, 6.07) is 2.46. The number of carbonyl (C=O) groups is 2. The monoisotopic (exact) mass is 292 g/mol. The fourth-order valence-electron chi connectivity index (χ4n) is 1.44. The van der Waals surface area contributed by atoms with E-state index in [0.29, 0.717) is 12.2 Å². The predicted molar refractivity (Wildman–Crippen MR) is 72.4 cm³/mol. The van der Waals surface area contributed by atoms with Gasteiger partial charge in [-0.15, -0.1) is 11.3 Å². The zero-order chi connectivity index (χ0) is 14.4. The molecule has 3 N–H and O–H groups in total. The molecule has 2 rings (SSSR count). The number of aromatic carboxylic acids is 1. The van der Waals surface area contributed by atoms with Crippen molar-refractivity contribution in [3.05, 3.63) is 46.2 Å². The van der Waals surface area contributed by atoms with E-state index in [1.165, 1.54) is 29.7 Å². The maximum Gasteiger partial charge on any atom is 0.335 e. The van der Waals surface area contributed by atoms with Crippen molar-refractivity contribution in [2.45, 2.75) is 13.1 Å². The molecule has 2 aromatic rings. The SMILES string of the molecule is O=C(NCc1cscn1)NCc1cc(C(=O)O)ccn1. The van der Waals surface area contributed by atoms with E-state index >= 15 is 0 Å². The van der Waals surface area contributed by atoms with E-state index in [1.807, 2.05) is 5.38 Å². The van der Waals surface area contributed by atoms with Crippen LogP contribution in [0, 0.1) is 0 Å². The van der Waals surface area contributed by atoms with Gasteiger partial charge in [0.05, 0.1) is 35.6 Å². The van der Waals surface area contributed by atoms with E-state index in [0.717, 1.165) is 5.69 Å². The van der Waals surface area contributed by atoms with Crippen molar-refractivity contribution in [3.8, 4) is 0 Å². The zero-order valence-electron chi connectivity index (χ0n) is 10.4. The highest BCUT2D eigenvalue weighted by atomic mass is 32.1. The molecule has 20 heavy (non-hydrogen) atoms. The third kappa shape index (κ3) is 4.02. The van der Waals surface area contributed by atoms with Crippen molar-refractivity contribution in [1.29, 1.82) is 0 Å².